The average molecular weight is 671 g/mol. The maximum Gasteiger partial charge on any atom is 0.249 e. The zero-order valence-corrected chi connectivity index (χ0v) is 31.3. The highest BCUT2D eigenvalue weighted by Gasteiger charge is 2.69. The van der Waals surface area contributed by atoms with Crippen LogP contribution in [0.3, 0.4) is 0 Å². The summed E-state index contributed by atoms with van der Waals surface area (Å²) < 4.78 is 12.3. The summed E-state index contributed by atoms with van der Waals surface area (Å²) in [5.41, 5.74) is 6.82. The molecule has 0 radical (unpaired) electrons. The molecule has 3 aromatic heterocycles. The Morgan fingerprint density at radius 1 is 0.900 bits per heavy atom. The Balaban J connectivity index is 1.14. The molecule has 0 unspecified atom stereocenters. The molecule has 0 bridgehead atoms. The summed E-state index contributed by atoms with van der Waals surface area (Å²) in [6.45, 7) is 18.0. The van der Waals surface area contributed by atoms with E-state index in [2.05, 4.69) is 82.8 Å². The minimum Gasteiger partial charge on any atom is -0.497 e. The van der Waals surface area contributed by atoms with Gasteiger partial charge in [-0.15, -0.1) is 10.2 Å². The summed E-state index contributed by atoms with van der Waals surface area (Å²) in [6.07, 6.45) is 15.7. The van der Waals surface area contributed by atoms with Crippen LogP contribution in [0.5, 0.6) is 5.75 Å². The van der Waals surface area contributed by atoms with Crippen LogP contribution in [0.15, 0.2) is 64.9 Å². The maximum atomic E-state index is 6.68. The highest BCUT2D eigenvalue weighted by atomic mass is 16.5. The van der Waals surface area contributed by atoms with E-state index in [1.165, 1.54) is 42.3 Å². The van der Waals surface area contributed by atoms with Crippen molar-refractivity contribution in [2.75, 3.05) is 7.11 Å². The minimum absolute atomic E-state index is 0.00164. The number of hydrogen-bond acceptors (Lipinski definition) is 6. The molecule has 50 heavy (non-hydrogen) atoms. The first-order valence-corrected chi connectivity index (χ1v) is 19.3. The van der Waals surface area contributed by atoms with Gasteiger partial charge in [-0.25, -0.2) is 0 Å². The second-order valence-electron chi connectivity index (χ2n) is 18.4. The molecule has 6 nitrogen and oxygen atoms in total. The number of aromatic nitrogens is 4. The second-order valence-corrected chi connectivity index (χ2v) is 18.4. The fraction of sp³-hybridized carbons (Fsp3) is 0.591. The van der Waals surface area contributed by atoms with Crippen LogP contribution in [0, 0.1) is 45.8 Å². The lowest BCUT2D eigenvalue weighted by Gasteiger charge is -2.71. The molecule has 6 heteroatoms. The van der Waals surface area contributed by atoms with Crippen LogP contribution in [0.25, 0.3) is 22.4 Å². The molecule has 3 saturated carbocycles. The first-order chi connectivity index (χ1) is 23.9. The number of allylic oxidation sites excluding steroid dienone is 2. The Morgan fingerprint density at radius 3 is 2.52 bits per heavy atom. The van der Waals surface area contributed by atoms with Gasteiger partial charge in [0.1, 0.15) is 5.75 Å². The third-order valence-corrected chi connectivity index (χ3v) is 16.2. The predicted molar refractivity (Wildman–Crippen MR) is 198 cm³/mol. The Hall–Kier alpha value is -3.54. The van der Waals surface area contributed by atoms with Crippen molar-refractivity contribution in [2.24, 2.45) is 45.8 Å². The lowest BCUT2D eigenvalue weighted by molar-refractivity contribution is -0.157. The van der Waals surface area contributed by atoms with Crippen LogP contribution in [-0.4, -0.2) is 27.3 Å². The number of pyridine rings is 2. The van der Waals surface area contributed by atoms with Crippen molar-refractivity contribution in [2.45, 2.75) is 111 Å². The Bertz CT molecular complexity index is 2020. The Labute approximate surface area is 297 Å². The monoisotopic (exact) mass is 670 g/mol. The van der Waals surface area contributed by atoms with E-state index in [1.54, 1.807) is 18.9 Å². The number of benzene rings is 1. The van der Waals surface area contributed by atoms with Gasteiger partial charge in [0.2, 0.25) is 11.8 Å². The highest BCUT2D eigenvalue weighted by molar-refractivity contribution is 5.81. The van der Waals surface area contributed by atoms with Gasteiger partial charge in [-0.1, -0.05) is 60.1 Å². The van der Waals surface area contributed by atoms with Gasteiger partial charge in [-0.05, 0) is 139 Å². The molecule has 262 valence electrons. The highest BCUT2D eigenvalue weighted by Crippen LogP contribution is 2.75. The van der Waals surface area contributed by atoms with Crippen molar-refractivity contribution in [1.82, 2.24) is 20.2 Å². The van der Waals surface area contributed by atoms with Crippen molar-refractivity contribution in [3.8, 4) is 17.2 Å². The maximum absolute atomic E-state index is 6.68. The molecule has 9 atom stereocenters. The normalized spacial score (nSPS) is 38.6. The van der Waals surface area contributed by atoms with E-state index in [-0.39, 0.29) is 27.1 Å². The van der Waals surface area contributed by atoms with E-state index in [0.717, 1.165) is 48.4 Å². The minimum atomic E-state index is -0.116. The quantitative estimate of drug-likeness (QED) is 0.202. The van der Waals surface area contributed by atoms with Crippen LogP contribution >= 0.6 is 0 Å². The molecular weight excluding hydrogens is 617 g/mol. The lowest BCUT2D eigenvalue weighted by Crippen LogP contribution is -2.65. The molecule has 5 aliphatic carbocycles. The van der Waals surface area contributed by atoms with Crippen molar-refractivity contribution in [1.29, 1.82) is 0 Å². The summed E-state index contributed by atoms with van der Waals surface area (Å²) in [4.78, 5) is 9.72. The van der Waals surface area contributed by atoms with Crippen LogP contribution in [0.4, 0.5) is 0 Å². The summed E-state index contributed by atoms with van der Waals surface area (Å²) >= 11 is 0. The van der Waals surface area contributed by atoms with Gasteiger partial charge in [0, 0.05) is 23.2 Å². The Kier molecular flexibility index (Phi) is 6.96. The lowest BCUT2D eigenvalue weighted by atomic mass is 9.33. The number of hydrogen-bond donors (Lipinski definition) is 0. The third-order valence-electron chi connectivity index (χ3n) is 16.2. The fourth-order valence-electron chi connectivity index (χ4n) is 13.3. The fourth-order valence-corrected chi connectivity index (χ4v) is 13.3. The molecule has 9 rings (SSSR count). The molecule has 4 aromatic rings. The number of rotatable bonds is 3. The van der Waals surface area contributed by atoms with E-state index >= 15 is 0 Å². The molecule has 0 spiro atoms. The van der Waals surface area contributed by atoms with Crippen LogP contribution < -0.4 is 4.74 Å². The van der Waals surface area contributed by atoms with E-state index < -0.39 is 0 Å². The van der Waals surface area contributed by atoms with E-state index in [9.17, 15) is 0 Å². The van der Waals surface area contributed by atoms with E-state index in [1.807, 2.05) is 24.4 Å². The molecule has 3 fully saturated rings. The second kappa shape index (κ2) is 10.7. The van der Waals surface area contributed by atoms with Crippen molar-refractivity contribution < 1.29 is 9.15 Å². The number of fused-ring (bicyclic) bond motifs is 9. The van der Waals surface area contributed by atoms with Gasteiger partial charge in [0.25, 0.3) is 0 Å². The van der Waals surface area contributed by atoms with Gasteiger partial charge in [0.05, 0.1) is 29.3 Å². The van der Waals surface area contributed by atoms with Gasteiger partial charge in [0.15, 0.2) is 0 Å². The van der Waals surface area contributed by atoms with Gasteiger partial charge >= 0.3 is 0 Å². The molecule has 0 N–H and O–H groups in total. The summed E-state index contributed by atoms with van der Waals surface area (Å²) in [6, 6.07) is 12.8. The zero-order chi connectivity index (χ0) is 34.8. The van der Waals surface area contributed by atoms with Gasteiger partial charge in [-0.2, -0.15) is 0 Å². The van der Waals surface area contributed by atoms with Crippen LogP contribution in [0.2, 0.25) is 0 Å². The number of ether oxygens (including phenoxy) is 1. The number of methoxy groups -OCH3 is 1. The molecule has 0 amide bonds. The van der Waals surface area contributed by atoms with Gasteiger partial charge in [-0.3, -0.25) is 9.97 Å². The topological polar surface area (TPSA) is 73.9 Å². The average Bonchev–Trinajstić information content (AvgIpc) is 3.61. The van der Waals surface area contributed by atoms with E-state index in [0.29, 0.717) is 35.5 Å². The molecule has 5 aliphatic rings. The molecule has 3 heterocycles. The Morgan fingerprint density at radius 2 is 1.74 bits per heavy atom. The van der Waals surface area contributed by atoms with E-state index in [4.69, 9.17) is 19.2 Å². The summed E-state index contributed by atoms with van der Waals surface area (Å²) in [7, 11) is 1.75. The molecule has 0 aliphatic heterocycles. The smallest absolute Gasteiger partial charge is 0.249 e. The molecule has 1 aromatic carbocycles. The third kappa shape index (κ3) is 4.14. The first kappa shape index (κ1) is 32.4. The molecule has 0 saturated heterocycles. The first-order valence-electron chi connectivity index (χ1n) is 19.3. The standard InChI is InChI=1S/C44H54N4O2/c1-26-15-18-44(39-48-47-38(50-39)28-10-9-21-45-25-28)20-19-42(6)32(36(44)27(26)2)12-14-35-41(5)24-30-22-29-23-31(49-8)11-13-33(29)46-37(30)40(3,4)34(41)16-17-43(35,42)7/h9-13,21-23,25-27,34-36H,14-20,24H2,1-8H3/t26-,27+,34+,35-,36+,41+,42-,43-,44+/m1/s1. The van der Waals surface area contributed by atoms with Crippen LogP contribution in [0.1, 0.15) is 111 Å². The summed E-state index contributed by atoms with van der Waals surface area (Å²) in [5.74, 6) is 5.15. The van der Waals surface area contributed by atoms with Crippen LogP contribution in [-0.2, 0) is 17.3 Å². The van der Waals surface area contributed by atoms with Crippen molar-refractivity contribution in [3.05, 3.63) is 77.6 Å². The van der Waals surface area contributed by atoms with Gasteiger partial charge < -0.3 is 9.15 Å². The predicted octanol–water partition coefficient (Wildman–Crippen LogP) is 10.3. The zero-order valence-electron chi connectivity index (χ0n) is 31.3. The molecular formula is C44H54N4O2. The summed E-state index contributed by atoms with van der Waals surface area (Å²) in [5, 5.41) is 10.7. The number of nitrogens with zero attached hydrogens (tertiary/aromatic N) is 4. The van der Waals surface area contributed by atoms with Crippen molar-refractivity contribution in [3.63, 3.8) is 0 Å². The van der Waals surface area contributed by atoms with Crippen molar-refractivity contribution >= 4 is 10.9 Å². The SMILES string of the molecule is COc1ccc2nc3c(cc2c1)C[C@]1(C)[C@H]2CC=C4[C@@H]5[C@@H](C)[C@H](C)CC[C@]5(c5nnc(-c6cccnc6)o5)CC[C@@]4(C)[C@]2(C)CC[C@H]1C3(C)C. The largest absolute Gasteiger partial charge is 0.497 e.